The highest BCUT2D eigenvalue weighted by molar-refractivity contribution is 5.66. The third kappa shape index (κ3) is 3.39. The van der Waals surface area contributed by atoms with Gasteiger partial charge in [0.2, 0.25) is 0 Å². The minimum Gasteiger partial charge on any atom is -0.462 e. The molecule has 6 heteroatoms. The Balaban J connectivity index is 1.65. The summed E-state index contributed by atoms with van der Waals surface area (Å²) in [6.45, 7) is 15.7. The van der Waals surface area contributed by atoms with Crippen LogP contribution in [-0.4, -0.2) is 49.6 Å². The third-order valence-electron chi connectivity index (χ3n) is 12.7. The van der Waals surface area contributed by atoms with Crippen LogP contribution < -0.4 is 0 Å². The van der Waals surface area contributed by atoms with E-state index in [1.807, 2.05) is 6.92 Å². The summed E-state index contributed by atoms with van der Waals surface area (Å²) in [5.41, 5.74) is 0.166. The number of fused-ring (bicyclic) bond motifs is 7. The summed E-state index contributed by atoms with van der Waals surface area (Å²) >= 11 is 0. The summed E-state index contributed by atoms with van der Waals surface area (Å²) in [4.78, 5) is 12.6. The molecule has 12 atom stereocenters. The summed E-state index contributed by atoms with van der Waals surface area (Å²) in [6.07, 6.45) is 6.35. The molecule has 4 saturated carbocycles. The first-order chi connectivity index (χ1) is 16.7. The molecule has 0 aromatic rings. The molecule has 5 rings (SSSR count). The van der Waals surface area contributed by atoms with Crippen LogP contribution in [0.3, 0.4) is 0 Å². The largest absolute Gasteiger partial charge is 0.462 e. The lowest BCUT2D eigenvalue weighted by molar-refractivity contribution is -0.278. The summed E-state index contributed by atoms with van der Waals surface area (Å²) in [5, 5.41) is 11.7. The van der Waals surface area contributed by atoms with Crippen molar-refractivity contribution in [2.45, 2.75) is 118 Å². The number of aliphatic hydroxyl groups excluding tert-OH is 1. The van der Waals surface area contributed by atoms with Crippen LogP contribution in [0.2, 0.25) is 0 Å². The van der Waals surface area contributed by atoms with Gasteiger partial charge in [-0.25, -0.2) is 0 Å². The molecule has 206 valence electrons. The zero-order chi connectivity index (χ0) is 26.5. The molecule has 0 bridgehead atoms. The van der Waals surface area contributed by atoms with E-state index in [0.29, 0.717) is 23.7 Å². The van der Waals surface area contributed by atoms with Crippen LogP contribution in [-0.2, 0) is 23.7 Å². The lowest BCUT2D eigenvalue weighted by Crippen LogP contribution is -2.70. The van der Waals surface area contributed by atoms with Gasteiger partial charge in [-0.3, -0.25) is 4.79 Å². The highest BCUT2D eigenvalue weighted by Gasteiger charge is 2.75. The monoisotopic (exact) mass is 506 g/mol. The molecular weight excluding hydrogens is 456 g/mol. The fraction of sp³-hybridized carbons (Fsp3) is 0.967. The molecule has 6 nitrogen and oxygen atoms in total. The molecule has 1 saturated heterocycles. The molecule has 1 aliphatic heterocycles. The topological polar surface area (TPSA) is 74.2 Å². The fourth-order valence-electron chi connectivity index (χ4n) is 11.3. The van der Waals surface area contributed by atoms with E-state index in [0.717, 1.165) is 12.8 Å². The number of aliphatic hydroxyl groups is 1. The van der Waals surface area contributed by atoms with Gasteiger partial charge in [0.25, 0.3) is 0 Å². The first-order valence-electron chi connectivity index (χ1n) is 14.3. The van der Waals surface area contributed by atoms with Gasteiger partial charge in [0.05, 0.1) is 6.10 Å². The third-order valence-corrected chi connectivity index (χ3v) is 12.7. The second-order valence-corrected chi connectivity index (χ2v) is 14.5. The summed E-state index contributed by atoms with van der Waals surface area (Å²) in [7, 11) is 3.32. The standard InChI is InChI=1S/C30H50O6/c1-17(31)35-22-16-20-27(4)13-10-12-26(2,3)19(27)11-14-28(20,5)21-15-18(32)23-24(29(21,22)6)25(33-8)36-30(23,7)34-9/h18-25,32H,10-16H2,1-9H3. The second kappa shape index (κ2) is 8.40. The lowest BCUT2D eigenvalue weighted by atomic mass is 9.33. The minimum atomic E-state index is -0.950. The Kier molecular flexibility index (Phi) is 6.28. The van der Waals surface area contributed by atoms with Crippen molar-refractivity contribution in [3.05, 3.63) is 0 Å². The van der Waals surface area contributed by atoms with Crippen molar-refractivity contribution in [1.82, 2.24) is 0 Å². The smallest absolute Gasteiger partial charge is 0.302 e. The van der Waals surface area contributed by atoms with Gasteiger partial charge in [-0.2, -0.15) is 0 Å². The van der Waals surface area contributed by atoms with Crippen LogP contribution in [0.25, 0.3) is 0 Å². The van der Waals surface area contributed by atoms with Crippen molar-refractivity contribution in [1.29, 1.82) is 0 Å². The van der Waals surface area contributed by atoms with E-state index in [9.17, 15) is 9.90 Å². The molecule has 5 fully saturated rings. The van der Waals surface area contributed by atoms with Crippen LogP contribution in [0.4, 0.5) is 0 Å². The van der Waals surface area contributed by atoms with Crippen molar-refractivity contribution in [2.24, 2.45) is 51.2 Å². The van der Waals surface area contributed by atoms with E-state index in [1.54, 1.807) is 14.2 Å². The van der Waals surface area contributed by atoms with Gasteiger partial charge in [-0.05, 0) is 79.4 Å². The molecule has 5 aliphatic rings. The van der Waals surface area contributed by atoms with Gasteiger partial charge >= 0.3 is 5.97 Å². The molecule has 0 aromatic carbocycles. The van der Waals surface area contributed by atoms with Gasteiger partial charge < -0.3 is 24.1 Å². The summed E-state index contributed by atoms with van der Waals surface area (Å²) < 4.78 is 24.5. The number of carbonyl (C=O) groups is 1. The highest BCUT2D eigenvalue weighted by Crippen LogP contribution is 2.75. The predicted molar refractivity (Wildman–Crippen MR) is 137 cm³/mol. The number of rotatable bonds is 3. The average molecular weight is 507 g/mol. The molecule has 36 heavy (non-hydrogen) atoms. The van der Waals surface area contributed by atoms with E-state index >= 15 is 0 Å². The van der Waals surface area contributed by atoms with Gasteiger partial charge in [-0.1, -0.05) is 41.0 Å². The van der Waals surface area contributed by atoms with Gasteiger partial charge in [0.15, 0.2) is 12.1 Å². The maximum atomic E-state index is 12.6. The average Bonchev–Trinajstić information content (AvgIpc) is 3.11. The summed E-state index contributed by atoms with van der Waals surface area (Å²) in [6, 6.07) is 0. The van der Waals surface area contributed by atoms with Crippen LogP contribution in [0.15, 0.2) is 0 Å². The Labute approximate surface area is 218 Å². The quantitative estimate of drug-likeness (QED) is 0.506. The van der Waals surface area contributed by atoms with Crippen molar-refractivity contribution in [2.75, 3.05) is 14.2 Å². The highest BCUT2D eigenvalue weighted by atomic mass is 16.8. The number of ether oxygens (including phenoxy) is 4. The van der Waals surface area contributed by atoms with Gasteiger partial charge in [-0.15, -0.1) is 0 Å². The Morgan fingerprint density at radius 2 is 1.56 bits per heavy atom. The van der Waals surface area contributed by atoms with E-state index < -0.39 is 23.6 Å². The Hall–Kier alpha value is -0.690. The minimum absolute atomic E-state index is 0.0420. The predicted octanol–water partition coefficient (Wildman–Crippen LogP) is 5.56. The maximum Gasteiger partial charge on any atom is 0.302 e. The maximum absolute atomic E-state index is 12.6. The lowest BCUT2D eigenvalue weighted by Gasteiger charge is -2.71. The molecular formula is C30H50O6. The van der Waals surface area contributed by atoms with Gasteiger partial charge in [0, 0.05) is 38.4 Å². The molecule has 0 radical (unpaired) electrons. The van der Waals surface area contributed by atoms with E-state index in [-0.39, 0.29) is 40.7 Å². The number of carbonyl (C=O) groups excluding carboxylic acids is 1. The van der Waals surface area contributed by atoms with E-state index in [2.05, 4.69) is 34.6 Å². The normalized spacial score (nSPS) is 55.6. The summed E-state index contributed by atoms with van der Waals surface area (Å²) in [5.74, 6) is -0.286. The molecule has 0 amide bonds. The van der Waals surface area contributed by atoms with Crippen molar-refractivity contribution in [3.8, 4) is 0 Å². The molecule has 4 aliphatic carbocycles. The molecule has 1 heterocycles. The van der Waals surface area contributed by atoms with Crippen LogP contribution >= 0.6 is 0 Å². The van der Waals surface area contributed by atoms with Crippen molar-refractivity contribution >= 4 is 5.97 Å². The van der Waals surface area contributed by atoms with Crippen molar-refractivity contribution in [3.63, 3.8) is 0 Å². The zero-order valence-corrected chi connectivity index (χ0v) is 24.1. The Bertz CT molecular complexity index is 889. The van der Waals surface area contributed by atoms with E-state index in [1.165, 1.54) is 32.6 Å². The zero-order valence-electron chi connectivity index (χ0n) is 24.1. The van der Waals surface area contributed by atoms with Gasteiger partial charge in [0.1, 0.15) is 6.10 Å². The number of hydrogen-bond acceptors (Lipinski definition) is 6. The fourth-order valence-corrected chi connectivity index (χ4v) is 11.3. The van der Waals surface area contributed by atoms with E-state index in [4.69, 9.17) is 18.9 Å². The molecule has 1 N–H and O–H groups in total. The van der Waals surface area contributed by atoms with Crippen LogP contribution in [0, 0.1) is 51.2 Å². The Morgan fingerprint density at radius 1 is 0.889 bits per heavy atom. The molecule has 12 unspecified atom stereocenters. The first kappa shape index (κ1) is 26.9. The molecule has 0 spiro atoms. The molecule has 0 aromatic heterocycles. The second-order valence-electron chi connectivity index (χ2n) is 14.5. The number of esters is 1. The number of hydrogen-bond donors (Lipinski definition) is 1. The SMILES string of the molecule is COC1OC(C)(OC)C2C(O)CC3C4(C)CCC5C(C)(C)CCCC5(C)C4CC(OC(C)=O)C3(C)C12. The number of methoxy groups -OCH3 is 2. The first-order valence-corrected chi connectivity index (χ1v) is 14.3. The Morgan fingerprint density at radius 3 is 2.17 bits per heavy atom. The van der Waals surface area contributed by atoms with Crippen molar-refractivity contribution < 1.29 is 28.8 Å². The van der Waals surface area contributed by atoms with Crippen LogP contribution in [0.5, 0.6) is 0 Å². The van der Waals surface area contributed by atoms with Crippen LogP contribution in [0.1, 0.15) is 93.4 Å².